The van der Waals surface area contributed by atoms with Gasteiger partial charge in [-0.2, -0.15) is 4.72 Å². The first-order chi connectivity index (χ1) is 15.8. The Kier molecular flexibility index (Phi) is 6.28. The molecular formula is C24H22N2O6S. The van der Waals surface area contributed by atoms with E-state index in [1.165, 1.54) is 24.3 Å². The number of carbonyl (C=O) groups excluding carboxylic acids is 1. The van der Waals surface area contributed by atoms with E-state index < -0.39 is 34.0 Å². The molecule has 0 bridgehead atoms. The predicted molar refractivity (Wildman–Crippen MR) is 121 cm³/mol. The highest BCUT2D eigenvalue weighted by Gasteiger charge is 2.37. The molecule has 8 nitrogen and oxygen atoms in total. The van der Waals surface area contributed by atoms with Gasteiger partial charge < -0.3 is 15.6 Å². The van der Waals surface area contributed by atoms with Crippen molar-refractivity contribution in [3.63, 3.8) is 0 Å². The number of carboxylic acids is 1. The van der Waals surface area contributed by atoms with Crippen molar-refractivity contribution in [2.45, 2.75) is 22.9 Å². The number of nitrogens with one attached hydrogen (secondary N) is 1. The van der Waals surface area contributed by atoms with Crippen LogP contribution in [0.3, 0.4) is 0 Å². The van der Waals surface area contributed by atoms with E-state index in [0.717, 1.165) is 22.3 Å². The third-order valence-corrected chi connectivity index (χ3v) is 7.04. The SMILES string of the molecule is NC(C(=O)OCC1c2ccccc2-c2ccccc21)C(NS(=O)(=O)c1ccccc1)C(=O)O. The Balaban J connectivity index is 1.49. The number of carboxylic acid groups (broad SMARTS) is 1. The maximum Gasteiger partial charge on any atom is 0.325 e. The maximum absolute atomic E-state index is 12.6. The zero-order chi connectivity index (χ0) is 23.6. The third-order valence-electron chi connectivity index (χ3n) is 5.59. The van der Waals surface area contributed by atoms with Gasteiger partial charge in [-0.05, 0) is 34.4 Å². The Bertz CT molecular complexity index is 1250. The standard InChI is InChI=1S/C24H22N2O6S/c25-21(22(23(27)28)26-33(30,31)15-8-2-1-3-9-15)24(29)32-14-20-18-12-6-4-10-16(18)17-11-5-7-13-19(17)20/h1-13,20-22,26H,14,25H2,(H,27,28). The minimum absolute atomic E-state index is 0.0572. The van der Waals surface area contributed by atoms with Gasteiger partial charge in [0.1, 0.15) is 18.7 Å². The van der Waals surface area contributed by atoms with Gasteiger partial charge in [0, 0.05) is 5.92 Å². The first kappa shape index (κ1) is 22.7. The van der Waals surface area contributed by atoms with Gasteiger partial charge in [-0.1, -0.05) is 66.7 Å². The van der Waals surface area contributed by atoms with Crippen LogP contribution in [-0.2, 0) is 24.3 Å². The van der Waals surface area contributed by atoms with Gasteiger partial charge in [0.15, 0.2) is 0 Å². The molecule has 2 unspecified atom stereocenters. The summed E-state index contributed by atoms with van der Waals surface area (Å²) in [4.78, 5) is 24.2. The number of hydrogen-bond acceptors (Lipinski definition) is 6. The molecule has 2 atom stereocenters. The smallest absolute Gasteiger partial charge is 0.325 e. The van der Waals surface area contributed by atoms with Gasteiger partial charge >= 0.3 is 11.9 Å². The van der Waals surface area contributed by atoms with E-state index in [9.17, 15) is 23.1 Å². The molecule has 0 fully saturated rings. The van der Waals surface area contributed by atoms with Crippen molar-refractivity contribution in [3.05, 3.63) is 90.0 Å². The number of aliphatic carboxylic acids is 1. The zero-order valence-corrected chi connectivity index (χ0v) is 18.2. The van der Waals surface area contributed by atoms with E-state index in [4.69, 9.17) is 10.5 Å². The topological polar surface area (TPSA) is 136 Å². The lowest BCUT2D eigenvalue weighted by Crippen LogP contribution is -2.56. The molecule has 0 heterocycles. The van der Waals surface area contributed by atoms with Crippen molar-refractivity contribution >= 4 is 22.0 Å². The normalized spacial score (nSPS) is 14.7. The van der Waals surface area contributed by atoms with Crippen molar-refractivity contribution in [3.8, 4) is 11.1 Å². The minimum atomic E-state index is -4.21. The monoisotopic (exact) mass is 466 g/mol. The van der Waals surface area contributed by atoms with Gasteiger partial charge in [0.05, 0.1) is 4.90 Å². The Morgan fingerprint density at radius 2 is 1.42 bits per heavy atom. The van der Waals surface area contributed by atoms with Crippen LogP contribution in [-0.4, -0.2) is 44.2 Å². The summed E-state index contributed by atoms with van der Waals surface area (Å²) in [5.74, 6) is -2.84. The maximum atomic E-state index is 12.6. The summed E-state index contributed by atoms with van der Waals surface area (Å²) >= 11 is 0. The molecule has 3 aromatic carbocycles. The van der Waals surface area contributed by atoms with Crippen LogP contribution in [0.5, 0.6) is 0 Å². The number of rotatable bonds is 8. The second-order valence-corrected chi connectivity index (χ2v) is 9.35. The fourth-order valence-electron chi connectivity index (χ4n) is 3.95. The summed E-state index contributed by atoms with van der Waals surface area (Å²) in [7, 11) is -4.21. The molecule has 4 rings (SSSR count). The zero-order valence-electron chi connectivity index (χ0n) is 17.4. The highest BCUT2D eigenvalue weighted by molar-refractivity contribution is 7.89. The van der Waals surface area contributed by atoms with E-state index in [-0.39, 0.29) is 17.4 Å². The minimum Gasteiger partial charge on any atom is -0.480 e. The molecule has 1 aliphatic carbocycles. The van der Waals surface area contributed by atoms with E-state index in [1.807, 2.05) is 53.3 Å². The molecule has 0 amide bonds. The lowest BCUT2D eigenvalue weighted by molar-refractivity contribution is -0.151. The highest BCUT2D eigenvalue weighted by Crippen LogP contribution is 2.44. The summed E-state index contributed by atoms with van der Waals surface area (Å²) in [6.07, 6.45) is 0. The molecule has 170 valence electrons. The fourth-order valence-corrected chi connectivity index (χ4v) is 5.18. The lowest BCUT2D eigenvalue weighted by atomic mass is 9.98. The second-order valence-electron chi connectivity index (χ2n) is 7.63. The Morgan fingerprint density at radius 1 is 0.909 bits per heavy atom. The number of carbonyl (C=O) groups is 2. The molecule has 1 aliphatic rings. The average Bonchev–Trinajstić information content (AvgIpc) is 3.15. The molecular weight excluding hydrogens is 444 g/mol. The first-order valence-corrected chi connectivity index (χ1v) is 11.7. The van der Waals surface area contributed by atoms with E-state index in [1.54, 1.807) is 6.07 Å². The molecule has 33 heavy (non-hydrogen) atoms. The summed E-state index contributed by atoms with van der Waals surface area (Å²) in [5, 5.41) is 9.53. The van der Waals surface area contributed by atoms with Gasteiger partial charge in [-0.25, -0.2) is 8.42 Å². The number of esters is 1. The Labute approximate surface area is 191 Å². The number of ether oxygens (including phenoxy) is 1. The van der Waals surface area contributed by atoms with Crippen molar-refractivity contribution in [1.82, 2.24) is 4.72 Å². The number of nitrogens with two attached hydrogens (primary N) is 1. The lowest BCUT2D eigenvalue weighted by Gasteiger charge is -2.21. The summed E-state index contributed by atoms with van der Waals surface area (Å²) in [6, 6.07) is 19.1. The summed E-state index contributed by atoms with van der Waals surface area (Å²) in [6.45, 7) is -0.0572. The van der Waals surface area contributed by atoms with Crippen LogP contribution in [0.1, 0.15) is 17.0 Å². The molecule has 0 aliphatic heterocycles. The van der Waals surface area contributed by atoms with Gasteiger partial charge in [0.2, 0.25) is 10.0 Å². The summed E-state index contributed by atoms with van der Waals surface area (Å²) in [5.41, 5.74) is 9.89. The van der Waals surface area contributed by atoms with E-state index in [2.05, 4.69) is 0 Å². The van der Waals surface area contributed by atoms with Gasteiger partial charge in [0.25, 0.3) is 0 Å². The molecule has 3 aromatic rings. The quantitative estimate of drug-likeness (QED) is 0.433. The number of benzene rings is 3. The Morgan fingerprint density at radius 3 is 1.97 bits per heavy atom. The van der Waals surface area contributed by atoms with Crippen molar-refractivity contribution < 1.29 is 27.9 Å². The molecule has 0 saturated carbocycles. The number of sulfonamides is 1. The second kappa shape index (κ2) is 9.14. The summed E-state index contributed by atoms with van der Waals surface area (Å²) < 4.78 is 32.5. The van der Waals surface area contributed by atoms with Crippen LogP contribution >= 0.6 is 0 Å². The predicted octanol–water partition coefficient (Wildman–Crippen LogP) is 2.10. The van der Waals surface area contributed by atoms with Crippen LogP contribution in [0, 0.1) is 0 Å². The molecule has 9 heteroatoms. The van der Waals surface area contributed by atoms with Crippen LogP contribution < -0.4 is 10.5 Å². The van der Waals surface area contributed by atoms with Crippen LogP contribution in [0.25, 0.3) is 11.1 Å². The fraction of sp³-hybridized carbons (Fsp3) is 0.167. The largest absolute Gasteiger partial charge is 0.480 e. The van der Waals surface area contributed by atoms with Crippen molar-refractivity contribution in [1.29, 1.82) is 0 Å². The number of fused-ring (bicyclic) bond motifs is 3. The van der Waals surface area contributed by atoms with E-state index in [0.29, 0.717) is 0 Å². The van der Waals surface area contributed by atoms with Gasteiger partial charge in [-0.3, -0.25) is 9.59 Å². The number of hydrogen-bond donors (Lipinski definition) is 3. The van der Waals surface area contributed by atoms with Crippen molar-refractivity contribution in [2.24, 2.45) is 5.73 Å². The van der Waals surface area contributed by atoms with E-state index >= 15 is 0 Å². The third kappa shape index (κ3) is 4.51. The Hall–Kier alpha value is -3.53. The molecule has 0 saturated heterocycles. The molecule has 0 spiro atoms. The van der Waals surface area contributed by atoms with Crippen LogP contribution in [0.4, 0.5) is 0 Å². The molecule has 4 N–H and O–H groups in total. The van der Waals surface area contributed by atoms with Crippen molar-refractivity contribution in [2.75, 3.05) is 6.61 Å². The molecule has 0 radical (unpaired) electrons. The highest BCUT2D eigenvalue weighted by atomic mass is 32.2. The average molecular weight is 467 g/mol. The molecule has 0 aromatic heterocycles. The van der Waals surface area contributed by atoms with Crippen LogP contribution in [0.15, 0.2) is 83.8 Å². The first-order valence-electron chi connectivity index (χ1n) is 10.2. The van der Waals surface area contributed by atoms with Gasteiger partial charge in [-0.15, -0.1) is 0 Å². The van der Waals surface area contributed by atoms with Crippen LogP contribution in [0.2, 0.25) is 0 Å².